The van der Waals surface area contributed by atoms with Crippen molar-refractivity contribution in [2.24, 2.45) is 11.8 Å². The van der Waals surface area contributed by atoms with E-state index in [2.05, 4.69) is 51.1 Å². The van der Waals surface area contributed by atoms with E-state index in [1.165, 1.54) is 69.8 Å². The van der Waals surface area contributed by atoms with E-state index >= 15 is 0 Å². The van der Waals surface area contributed by atoms with Crippen LogP contribution in [0.1, 0.15) is 123 Å². The first-order valence-electron chi connectivity index (χ1n) is 12.6. The maximum absolute atomic E-state index is 13.0. The maximum Gasteiger partial charge on any atom is 0.156 e. The number of alkyl halides is 1. The molecule has 1 rings (SSSR count). The number of hydrogen-bond donors (Lipinski definition) is 0. The van der Waals surface area contributed by atoms with E-state index in [0.29, 0.717) is 5.92 Å². The molecule has 0 aromatic heterocycles. The summed E-state index contributed by atoms with van der Waals surface area (Å²) in [5.74, 6) is 0.651. The van der Waals surface area contributed by atoms with Gasteiger partial charge in [0.05, 0.1) is 0 Å². The van der Waals surface area contributed by atoms with Crippen LogP contribution in [0.4, 0.5) is 0 Å². The fourth-order valence-corrected chi connectivity index (χ4v) is 4.85. The second kappa shape index (κ2) is 15.1. The lowest BCUT2D eigenvalue weighted by Gasteiger charge is -2.35. The summed E-state index contributed by atoms with van der Waals surface area (Å²) in [5.41, 5.74) is 1.33. The lowest BCUT2D eigenvalue weighted by Crippen LogP contribution is -2.42. The fourth-order valence-electron chi connectivity index (χ4n) is 4.45. The van der Waals surface area contributed by atoms with Crippen LogP contribution in [0.15, 0.2) is 30.3 Å². The van der Waals surface area contributed by atoms with Crippen molar-refractivity contribution in [3.63, 3.8) is 0 Å². The van der Waals surface area contributed by atoms with Gasteiger partial charge in [-0.2, -0.15) is 0 Å². The van der Waals surface area contributed by atoms with Crippen molar-refractivity contribution in [3.05, 3.63) is 35.9 Å². The predicted octanol–water partition coefficient (Wildman–Crippen LogP) is 9.33. The first-order valence-corrected chi connectivity index (χ1v) is 13.0. The van der Waals surface area contributed by atoms with Crippen molar-refractivity contribution in [2.75, 3.05) is 0 Å². The van der Waals surface area contributed by atoms with Gasteiger partial charge in [0.25, 0.3) is 0 Å². The minimum Gasteiger partial charge on any atom is -0.297 e. The molecular formula is C28H47ClO. The molecule has 0 aliphatic rings. The number of unbranched alkanes of at least 4 members (excludes halogenated alkanes) is 9. The standard InChI is InChI=1S/C28H47ClO/c1-6-7-8-9-10-11-12-13-14-16-21-26(25-19-17-15-18-20-25)22-28(29,24(4)5)27(30)23(2)3/h15,17-20,23-24,26H,6-14,16,21-22H2,1-5H3. The number of benzene rings is 1. The minimum atomic E-state index is -0.771. The first-order chi connectivity index (χ1) is 14.3. The molecule has 2 unspecified atom stereocenters. The Morgan fingerprint density at radius 3 is 1.80 bits per heavy atom. The fraction of sp³-hybridized carbons (Fsp3) is 0.750. The monoisotopic (exact) mass is 434 g/mol. The topological polar surface area (TPSA) is 17.1 Å². The van der Waals surface area contributed by atoms with Crippen molar-refractivity contribution in [1.29, 1.82) is 0 Å². The molecule has 2 atom stereocenters. The Bertz CT molecular complexity index is 565. The highest BCUT2D eigenvalue weighted by atomic mass is 35.5. The van der Waals surface area contributed by atoms with Crippen LogP contribution < -0.4 is 0 Å². The number of Topliss-reactive ketones (excluding diaryl/α,β-unsaturated/α-hetero) is 1. The Hall–Kier alpha value is -0.820. The molecular weight excluding hydrogens is 388 g/mol. The summed E-state index contributed by atoms with van der Waals surface area (Å²) < 4.78 is 0. The highest BCUT2D eigenvalue weighted by molar-refractivity contribution is 6.35. The summed E-state index contributed by atoms with van der Waals surface area (Å²) >= 11 is 7.05. The molecule has 0 bridgehead atoms. The van der Waals surface area contributed by atoms with Crippen LogP contribution in [0.25, 0.3) is 0 Å². The van der Waals surface area contributed by atoms with Crippen LogP contribution in [0, 0.1) is 11.8 Å². The van der Waals surface area contributed by atoms with Crippen LogP contribution in [-0.4, -0.2) is 10.7 Å². The van der Waals surface area contributed by atoms with Crippen molar-refractivity contribution < 1.29 is 4.79 Å². The third kappa shape index (κ3) is 9.54. The predicted molar refractivity (Wildman–Crippen MR) is 134 cm³/mol. The quantitative estimate of drug-likeness (QED) is 0.176. The molecule has 0 heterocycles. The van der Waals surface area contributed by atoms with E-state index in [1.807, 2.05) is 13.8 Å². The second-order valence-corrected chi connectivity index (χ2v) is 10.5. The molecule has 0 saturated carbocycles. The van der Waals surface area contributed by atoms with E-state index < -0.39 is 4.87 Å². The smallest absolute Gasteiger partial charge is 0.156 e. The molecule has 0 fully saturated rings. The number of halogens is 1. The molecule has 0 aliphatic heterocycles. The molecule has 1 nitrogen and oxygen atoms in total. The van der Waals surface area contributed by atoms with Gasteiger partial charge in [0.15, 0.2) is 5.78 Å². The zero-order valence-corrected chi connectivity index (χ0v) is 21.1. The van der Waals surface area contributed by atoms with Crippen molar-refractivity contribution in [1.82, 2.24) is 0 Å². The van der Waals surface area contributed by atoms with Gasteiger partial charge in [0.1, 0.15) is 4.87 Å². The summed E-state index contributed by atoms with van der Waals surface area (Å²) in [6.45, 7) is 10.4. The first kappa shape index (κ1) is 27.2. The van der Waals surface area contributed by atoms with E-state index in [4.69, 9.17) is 11.6 Å². The number of carbonyl (C=O) groups is 1. The van der Waals surface area contributed by atoms with Gasteiger partial charge in [-0.1, -0.05) is 129 Å². The van der Waals surface area contributed by atoms with Crippen LogP contribution in [0.5, 0.6) is 0 Å². The molecule has 172 valence electrons. The Labute approximate surface area is 192 Å². The van der Waals surface area contributed by atoms with Crippen molar-refractivity contribution in [2.45, 2.75) is 122 Å². The van der Waals surface area contributed by atoms with E-state index in [-0.39, 0.29) is 17.6 Å². The van der Waals surface area contributed by atoms with E-state index in [0.717, 1.165) is 12.8 Å². The second-order valence-electron chi connectivity index (χ2n) is 9.82. The Kier molecular flexibility index (Phi) is 13.7. The third-order valence-electron chi connectivity index (χ3n) is 6.57. The Morgan fingerprint density at radius 2 is 1.33 bits per heavy atom. The van der Waals surface area contributed by atoms with Crippen LogP contribution in [-0.2, 0) is 4.79 Å². The van der Waals surface area contributed by atoms with Crippen molar-refractivity contribution in [3.8, 4) is 0 Å². The van der Waals surface area contributed by atoms with Gasteiger partial charge in [-0.3, -0.25) is 4.79 Å². The zero-order valence-electron chi connectivity index (χ0n) is 20.4. The molecule has 0 aliphatic carbocycles. The molecule has 0 spiro atoms. The third-order valence-corrected chi connectivity index (χ3v) is 7.35. The van der Waals surface area contributed by atoms with Gasteiger partial charge in [-0.25, -0.2) is 0 Å². The highest BCUT2D eigenvalue weighted by Gasteiger charge is 2.42. The lowest BCUT2D eigenvalue weighted by atomic mass is 9.76. The van der Waals surface area contributed by atoms with Gasteiger partial charge in [0, 0.05) is 5.92 Å². The number of ketones is 1. The van der Waals surface area contributed by atoms with Gasteiger partial charge < -0.3 is 0 Å². The lowest BCUT2D eigenvalue weighted by molar-refractivity contribution is -0.126. The number of hydrogen-bond acceptors (Lipinski definition) is 1. The summed E-state index contributed by atoms with van der Waals surface area (Å²) in [6.07, 6.45) is 15.4. The van der Waals surface area contributed by atoms with Crippen LogP contribution in [0.3, 0.4) is 0 Å². The summed E-state index contributed by atoms with van der Waals surface area (Å²) in [5, 5.41) is 0. The Morgan fingerprint density at radius 1 is 0.833 bits per heavy atom. The SMILES string of the molecule is CCCCCCCCCCCCC(CC(Cl)(C(=O)C(C)C)C(C)C)c1ccccc1. The normalized spacial score (nSPS) is 14.8. The number of carbonyl (C=O) groups excluding carboxylic acids is 1. The average molecular weight is 435 g/mol. The van der Waals surface area contributed by atoms with Gasteiger partial charge in [-0.05, 0) is 30.2 Å². The average Bonchev–Trinajstić information content (AvgIpc) is 2.73. The minimum absolute atomic E-state index is 0.0290. The van der Waals surface area contributed by atoms with Gasteiger partial charge >= 0.3 is 0 Å². The number of rotatable bonds is 17. The summed E-state index contributed by atoms with van der Waals surface area (Å²) in [4.78, 5) is 12.2. The van der Waals surface area contributed by atoms with Crippen molar-refractivity contribution >= 4 is 17.4 Å². The molecule has 0 amide bonds. The summed E-state index contributed by atoms with van der Waals surface area (Å²) in [6, 6.07) is 10.7. The van der Waals surface area contributed by atoms with E-state index in [1.54, 1.807) is 0 Å². The molecule has 2 heteroatoms. The molecule has 30 heavy (non-hydrogen) atoms. The molecule has 1 aromatic rings. The Balaban J connectivity index is 2.59. The maximum atomic E-state index is 13.0. The zero-order chi connectivity index (χ0) is 22.4. The van der Waals surface area contributed by atoms with E-state index in [9.17, 15) is 4.79 Å². The molecule has 0 saturated heterocycles. The summed E-state index contributed by atoms with van der Waals surface area (Å²) in [7, 11) is 0. The molecule has 0 radical (unpaired) electrons. The van der Waals surface area contributed by atoms with Crippen LogP contribution in [0.2, 0.25) is 0 Å². The largest absolute Gasteiger partial charge is 0.297 e. The highest BCUT2D eigenvalue weighted by Crippen LogP contribution is 2.41. The van der Waals surface area contributed by atoms with Crippen LogP contribution >= 0.6 is 11.6 Å². The van der Waals surface area contributed by atoms with Gasteiger partial charge in [-0.15, -0.1) is 11.6 Å². The molecule has 0 N–H and O–H groups in total. The van der Waals surface area contributed by atoms with Gasteiger partial charge in [0.2, 0.25) is 0 Å². The molecule has 1 aromatic carbocycles.